The molecule has 2 rings (SSSR count). The maximum Gasteiger partial charge on any atom is 0.254 e. The number of rotatable bonds is 4. The first-order valence-electron chi connectivity index (χ1n) is 5.38. The van der Waals surface area contributed by atoms with Crippen LogP contribution in [-0.2, 0) is 6.42 Å². The molecular formula is C12H11Cl2N3O. The van der Waals surface area contributed by atoms with Crippen LogP contribution in [0.1, 0.15) is 15.9 Å². The van der Waals surface area contributed by atoms with Crippen molar-refractivity contribution in [2.24, 2.45) is 0 Å². The molecule has 0 atom stereocenters. The van der Waals surface area contributed by atoms with Crippen LogP contribution >= 0.6 is 23.2 Å². The highest BCUT2D eigenvalue weighted by Crippen LogP contribution is 2.23. The third-order valence-corrected chi connectivity index (χ3v) is 3.07. The summed E-state index contributed by atoms with van der Waals surface area (Å²) in [5.41, 5.74) is 1.34. The Bertz CT molecular complexity index is 520. The van der Waals surface area contributed by atoms with Crippen molar-refractivity contribution < 1.29 is 4.79 Å². The Balaban J connectivity index is 1.96. The Labute approximate surface area is 114 Å². The standard InChI is InChI=1S/C12H11Cl2N3O/c13-9-2-1-3-10(14)11(9)12(18)15-5-4-8-6-16-17-7-8/h1-3,6-7H,4-5H2,(H,15,18)(H,16,17). The summed E-state index contributed by atoms with van der Waals surface area (Å²) in [4.78, 5) is 11.9. The van der Waals surface area contributed by atoms with Crippen molar-refractivity contribution >= 4 is 29.1 Å². The highest BCUT2D eigenvalue weighted by Gasteiger charge is 2.13. The fourth-order valence-corrected chi connectivity index (χ4v) is 2.11. The van der Waals surface area contributed by atoms with E-state index in [2.05, 4.69) is 15.5 Å². The van der Waals surface area contributed by atoms with Crippen LogP contribution in [0.15, 0.2) is 30.6 Å². The molecule has 18 heavy (non-hydrogen) atoms. The molecule has 2 aromatic rings. The first kappa shape index (κ1) is 12.9. The van der Waals surface area contributed by atoms with E-state index < -0.39 is 0 Å². The minimum atomic E-state index is -0.269. The van der Waals surface area contributed by atoms with Gasteiger partial charge in [-0.15, -0.1) is 0 Å². The van der Waals surface area contributed by atoms with Gasteiger partial charge in [-0.05, 0) is 24.1 Å². The van der Waals surface area contributed by atoms with E-state index in [1.807, 2.05) is 0 Å². The molecule has 6 heteroatoms. The van der Waals surface area contributed by atoms with Gasteiger partial charge in [0.25, 0.3) is 5.91 Å². The predicted molar refractivity (Wildman–Crippen MR) is 71.1 cm³/mol. The predicted octanol–water partition coefficient (Wildman–Crippen LogP) is 2.69. The molecule has 2 N–H and O–H groups in total. The summed E-state index contributed by atoms with van der Waals surface area (Å²) < 4.78 is 0. The van der Waals surface area contributed by atoms with Gasteiger partial charge in [-0.3, -0.25) is 9.89 Å². The SMILES string of the molecule is O=C(NCCc1cn[nH]c1)c1c(Cl)cccc1Cl. The highest BCUT2D eigenvalue weighted by atomic mass is 35.5. The van der Waals surface area contributed by atoms with Crippen LogP contribution in [0.25, 0.3) is 0 Å². The molecule has 1 aromatic carbocycles. The van der Waals surface area contributed by atoms with E-state index >= 15 is 0 Å². The Morgan fingerprint density at radius 1 is 1.33 bits per heavy atom. The monoisotopic (exact) mass is 283 g/mol. The molecule has 0 saturated carbocycles. The number of carbonyl (C=O) groups excluding carboxylic acids is 1. The van der Waals surface area contributed by atoms with Crippen molar-refractivity contribution in [3.05, 3.63) is 51.8 Å². The lowest BCUT2D eigenvalue weighted by atomic mass is 10.2. The number of benzene rings is 1. The van der Waals surface area contributed by atoms with Gasteiger partial charge in [0.2, 0.25) is 0 Å². The molecular weight excluding hydrogens is 273 g/mol. The quantitative estimate of drug-likeness (QED) is 0.906. The Kier molecular flexibility index (Phi) is 4.23. The summed E-state index contributed by atoms with van der Waals surface area (Å²) in [5.74, 6) is -0.269. The molecule has 0 aliphatic rings. The van der Waals surface area contributed by atoms with E-state index in [1.54, 1.807) is 30.6 Å². The van der Waals surface area contributed by atoms with Crippen molar-refractivity contribution in [2.45, 2.75) is 6.42 Å². The van der Waals surface area contributed by atoms with Gasteiger partial charge >= 0.3 is 0 Å². The molecule has 4 nitrogen and oxygen atoms in total. The molecule has 0 unspecified atom stereocenters. The Morgan fingerprint density at radius 2 is 2.06 bits per heavy atom. The van der Waals surface area contributed by atoms with Gasteiger partial charge in [-0.25, -0.2) is 0 Å². The second kappa shape index (κ2) is 5.89. The fourth-order valence-electron chi connectivity index (χ4n) is 1.54. The number of halogens is 2. The normalized spacial score (nSPS) is 10.3. The van der Waals surface area contributed by atoms with Gasteiger partial charge in [0.1, 0.15) is 0 Å². The van der Waals surface area contributed by atoms with E-state index in [1.165, 1.54) is 0 Å². The van der Waals surface area contributed by atoms with E-state index in [9.17, 15) is 4.79 Å². The lowest BCUT2D eigenvalue weighted by molar-refractivity contribution is 0.0954. The number of aromatic nitrogens is 2. The first-order chi connectivity index (χ1) is 8.68. The largest absolute Gasteiger partial charge is 0.352 e. The van der Waals surface area contributed by atoms with Crippen molar-refractivity contribution in [1.82, 2.24) is 15.5 Å². The van der Waals surface area contributed by atoms with Gasteiger partial charge in [0.15, 0.2) is 0 Å². The van der Waals surface area contributed by atoms with E-state index in [-0.39, 0.29) is 5.91 Å². The van der Waals surface area contributed by atoms with E-state index in [0.717, 1.165) is 5.56 Å². The molecule has 1 aromatic heterocycles. The van der Waals surface area contributed by atoms with Gasteiger partial charge in [0.05, 0.1) is 21.8 Å². The summed E-state index contributed by atoms with van der Waals surface area (Å²) in [6.45, 7) is 0.500. The minimum absolute atomic E-state index is 0.269. The minimum Gasteiger partial charge on any atom is -0.352 e. The van der Waals surface area contributed by atoms with Crippen LogP contribution in [-0.4, -0.2) is 22.6 Å². The van der Waals surface area contributed by atoms with Gasteiger partial charge in [-0.1, -0.05) is 29.3 Å². The maximum absolute atomic E-state index is 11.9. The van der Waals surface area contributed by atoms with Gasteiger partial charge < -0.3 is 5.32 Å². The van der Waals surface area contributed by atoms with Gasteiger partial charge in [-0.2, -0.15) is 5.10 Å². The topological polar surface area (TPSA) is 57.8 Å². The molecule has 0 radical (unpaired) electrons. The van der Waals surface area contributed by atoms with Crippen molar-refractivity contribution in [1.29, 1.82) is 0 Å². The molecule has 0 fully saturated rings. The molecule has 1 amide bonds. The number of nitrogens with zero attached hydrogens (tertiary/aromatic N) is 1. The average molecular weight is 284 g/mol. The fraction of sp³-hybridized carbons (Fsp3) is 0.167. The number of amides is 1. The molecule has 0 aliphatic carbocycles. The number of H-pyrrole nitrogens is 1. The molecule has 1 heterocycles. The number of aromatic amines is 1. The summed E-state index contributed by atoms with van der Waals surface area (Å²) in [7, 11) is 0. The summed E-state index contributed by atoms with van der Waals surface area (Å²) in [6, 6.07) is 4.98. The smallest absolute Gasteiger partial charge is 0.254 e. The van der Waals surface area contributed by atoms with Crippen LogP contribution in [0, 0.1) is 0 Å². The van der Waals surface area contributed by atoms with Crippen LogP contribution in [0.3, 0.4) is 0 Å². The van der Waals surface area contributed by atoms with Crippen molar-refractivity contribution in [2.75, 3.05) is 6.54 Å². The summed E-state index contributed by atoms with van der Waals surface area (Å²) >= 11 is 11.9. The zero-order valence-electron chi connectivity index (χ0n) is 9.41. The third-order valence-electron chi connectivity index (χ3n) is 2.44. The third kappa shape index (κ3) is 3.03. The summed E-state index contributed by atoms with van der Waals surface area (Å²) in [6.07, 6.45) is 4.20. The lowest BCUT2D eigenvalue weighted by Crippen LogP contribution is -2.26. The molecule has 0 bridgehead atoms. The zero-order chi connectivity index (χ0) is 13.0. The Hall–Kier alpha value is -1.52. The average Bonchev–Trinajstić information content (AvgIpc) is 2.82. The van der Waals surface area contributed by atoms with Crippen LogP contribution in [0.5, 0.6) is 0 Å². The second-order valence-electron chi connectivity index (χ2n) is 3.71. The summed E-state index contributed by atoms with van der Waals surface area (Å²) in [5, 5.41) is 10.0. The van der Waals surface area contributed by atoms with E-state index in [4.69, 9.17) is 23.2 Å². The highest BCUT2D eigenvalue weighted by molar-refractivity contribution is 6.39. The molecule has 0 saturated heterocycles. The van der Waals surface area contributed by atoms with Crippen LogP contribution < -0.4 is 5.32 Å². The van der Waals surface area contributed by atoms with Crippen LogP contribution in [0.4, 0.5) is 0 Å². The number of carbonyl (C=O) groups is 1. The van der Waals surface area contributed by atoms with Crippen LogP contribution in [0.2, 0.25) is 10.0 Å². The molecule has 94 valence electrons. The number of hydrogen-bond acceptors (Lipinski definition) is 2. The Morgan fingerprint density at radius 3 is 2.67 bits per heavy atom. The molecule has 0 aliphatic heterocycles. The van der Waals surface area contributed by atoms with Crippen molar-refractivity contribution in [3.8, 4) is 0 Å². The number of hydrogen-bond donors (Lipinski definition) is 2. The molecule has 0 spiro atoms. The zero-order valence-corrected chi connectivity index (χ0v) is 10.9. The maximum atomic E-state index is 11.9. The number of nitrogens with one attached hydrogen (secondary N) is 2. The van der Waals surface area contributed by atoms with Crippen molar-refractivity contribution in [3.63, 3.8) is 0 Å². The second-order valence-corrected chi connectivity index (χ2v) is 4.52. The lowest BCUT2D eigenvalue weighted by Gasteiger charge is -2.07. The van der Waals surface area contributed by atoms with E-state index in [0.29, 0.717) is 28.6 Å². The first-order valence-corrected chi connectivity index (χ1v) is 6.14. The van der Waals surface area contributed by atoms with Gasteiger partial charge in [0, 0.05) is 12.7 Å².